The maximum Gasteiger partial charge on any atom is 0.315 e. The Kier molecular flexibility index (Phi) is 3.41. The van der Waals surface area contributed by atoms with E-state index in [4.69, 9.17) is 15.9 Å². The van der Waals surface area contributed by atoms with Crippen molar-refractivity contribution in [2.24, 2.45) is 11.5 Å². The number of hydrogen-bond donors (Lipinski definition) is 3. The number of carbonyl (C=O) groups excluding carboxylic acids is 1. The van der Waals surface area contributed by atoms with Crippen molar-refractivity contribution in [3.63, 3.8) is 0 Å². The van der Waals surface area contributed by atoms with E-state index in [2.05, 4.69) is 15.5 Å². The minimum atomic E-state index is -0.385. The van der Waals surface area contributed by atoms with Gasteiger partial charge in [-0.15, -0.1) is 5.10 Å². The van der Waals surface area contributed by atoms with E-state index < -0.39 is 0 Å². The summed E-state index contributed by atoms with van der Waals surface area (Å²) in [6.45, 7) is 2.11. The fourth-order valence-corrected chi connectivity index (χ4v) is 0.783. The number of nitrogens with zero attached hydrogens (tertiary/aromatic N) is 2. The van der Waals surface area contributed by atoms with Crippen LogP contribution in [0, 0.1) is 0 Å². The average Bonchev–Trinajstić information content (AvgIpc) is 2.52. The second-order valence-electron chi connectivity index (χ2n) is 2.88. The van der Waals surface area contributed by atoms with Gasteiger partial charge in [0.15, 0.2) is 0 Å². The van der Waals surface area contributed by atoms with Crippen molar-refractivity contribution in [1.29, 1.82) is 0 Å². The van der Waals surface area contributed by atoms with Crippen molar-refractivity contribution >= 4 is 11.9 Å². The Hall–Kier alpha value is -1.63. The predicted molar refractivity (Wildman–Crippen MR) is 49.2 cm³/mol. The third-order valence-corrected chi connectivity index (χ3v) is 1.48. The summed E-state index contributed by atoms with van der Waals surface area (Å²) in [5.41, 5.74) is 10.5. The highest BCUT2D eigenvalue weighted by atomic mass is 16.4. The van der Waals surface area contributed by atoms with E-state index in [0.717, 1.165) is 0 Å². The van der Waals surface area contributed by atoms with E-state index in [1.807, 2.05) is 0 Å². The highest BCUT2D eigenvalue weighted by molar-refractivity contribution is 5.74. The molecule has 0 fully saturated rings. The summed E-state index contributed by atoms with van der Waals surface area (Å²) in [5, 5.41) is 10.1. The van der Waals surface area contributed by atoms with Crippen LogP contribution in [0.4, 0.5) is 6.01 Å². The van der Waals surface area contributed by atoms with Crippen molar-refractivity contribution in [2.45, 2.75) is 19.4 Å². The van der Waals surface area contributed by atoms with Gasteiger partial charge in [-0.25, -0.2) is 0 Å². The first-order valence-electron chi connectivity index (χ1n) is 4.20. The van der Waals surface area contributed by atoms with Gasteiger partial charge in [0, 0.05) is 13.0 Å². The Morgan fingerprint density at radius 2 is 2.36 bits per heavy atom. The fraction of sp³-hybridized carbons (Fsp3) is 0.571. The SMILES string of the molecule is CC(N)c1nnc(NCCC(N)=O)o1. The molecule has 7 heteroatoms. The summed E-state index contributed by atoms with van der Waals surface area (Å²) in [6, 6.07) is -0.0484. The summed E-state index contributed by atoms with van der Waals surface area (Å²) >= 11 is 0. The molecule has 1 aromatic heterocycles. The van der Waals surface area contributed by atoms with E-state index in [1.165, 1.54) is 0 Å². The molecule has 1 rings (SSSR count). The molecule has 1 aromatic rings. The predicted octanol–water partition coefficient (Wildman–Crippen LogP) is -0.623. The second kappa shape index (κ2) is 4.56. The zero-order valence-electron chi connectivity index (χ0n) is 7.86. The molecule has 0 saturated carbocycles. The van der Waals surface area contributed by atoms with Crippen LogP contribution in [-0.2, 0) is 4.79 Å². The minimum absolute atomic E-state index is 0.218. The third-order valence-electron chi connectivity index (χ3n) is 1.48. The Labute approximate surface area is 80.8 Å². The molecule has 0 aromatic carbocycles. The van der Waals surface area contributed by atoms with E-state index in [0.29, 0.717) is 12.4 Å². The summed E-state index contributed by atoms with van der Waals surface area (Å²) in [7, 11) is 0. The van der Waals surface area contributed by atoms with Gasteiger partial charge in [0.1, 0.15) is 0 Å². The van der Waals surface area contributed by atoms with Crippen LogP contribution in [0.3, 0.4) is 0 Å². The van der Waals surface area contributed by atoms with Gasteiger partial charge in [-0.05, 0) is 6.92 Å². The highest BCUT2D eigenvalue weighted by Crippen LogP contribution is 2.10. The van der Waals surface area contributed by atoms with Crippen LogP contribution in [-0.4, -0.2) is 22.6 Å². The first-order chi connectivity index (χ1) is 6.59. The molecule has 7 nitrogen and oxygen atoms in total. The van der Waals surface area contributed by atoms with Gasteiger partial charge in [0.05, 0.1) is 6.04 Å². The number of nitrogens with one attached hydrogen (secondary N) is 1. The topological polar surface area (TPSA) is 120 Å². The number of amides is 1. The van der Waals surface area contributed by atoms with Crippen molar-refractivity contribution in [3.05, 3.63) is 5.89 Å². The molecule has 0 aliphatic carbocycles. The van der Waals surface area contributed by atoms with Gasteiger partial charge in [-0.3, -0.25) is 4.79 Å². The number of aromatic nitrogens is 2. The lowest BCUT2D eigenvalue weighted by Crippen LogP contribution is -2.15. The van der Waals surface area contributed by atoms with E-state index in [9.17, 15) is 4.79 Å². The van der Waals surface area contributed by atoms with Gasteiger partial charge in [0.25, 0.3) is 0 Å². The fourth-order valence-electron chi connectivity index (χ4n) is 0.783. The van der Waals surface area contributed by atoms with Gasteiger partial charge < -0.3 is 21.2 Å². The van der Waals surface area contributed by atoms with Gasteiger partial charge in [-0.2, -0.15) is 0 Å². The Balaban J connectivity index is 2.40. The first kappa shape index (κ1) is 10.5. The van der Waals surface area contributed by atoms with Gasteiger partial charge >= 0.3 is 6.01 Å². The molecule has 78 valence electrons. The molecular formula is C7H13N5O2. The van der Waals surface area contributed by atoms with Crippen LogP contribution >= 0.6 is 0 Å². The molecule has 0 spiro atoms. The van der Waals surface area contributed by atoms with Crippen LogP contribution in [0.2, 0.25) is 0 Å². The normalized spacial score (nSPS) is 12.4. The maximum atomic E-state index is 10.4. The van der Waals surface area contributed by atoms with Gasteiger partial charge in [-0.1, -0.05) is 5.10 Å². The molecule has 0 bridgehead atoms. The average molecular weight is 199 g/mol. The highest BCUT2D eigenvalue weighted by Gasteiger charge is 2.08. The molecule has 0 aliphatic heterocycles. The number of nitrogens with two attached hydrogens (primary N) is 2. The van der Waals surface area contributed by atoms with Crippen molar-refractivity contribution in [1.82, 2.24) is 10.2 Å². The van der Waals surface area contributed by atoms with E-state index in [1.54, 1.807) is 6.92 Å². The van der Waals surface area contributed by atoms with Crippen molar-refractivity contribution in [2.75, 3.05) is 11.9 Å². The Morgan fingerprint density at radius 3 is 2.86 bits per heavy atom. The number of rotatable bonds is 5. The number of anilines is 1. The quantitative estimate of drug-likeness (QED) is 0.581. The van der Waals surface area contributed by atoms with Crippen LogP contribution in [0.25, 0.3) is 0 Å². The summed E-state index contributed by atoms with van der Waals surface area (Å²) in [5.74, 6) is -0.0315. The second-order valence-corrected chi connectivity index (χ2v) is 2.88. The molecule has 0 aliphatic rings. The summed E-state index contributed by atoms with van der Waals surface area (Å²) in [4.78, 5) is 10.4. The summed E-state index contributed by atoms with van der Waals surface area (Å²) in [6.07, 6.45) is 0.218. The largest absolute Gasteiger partial charge is 0.406 e. The van der Waals surface area contributed by atoms with E-state index in [-0.39, 0.29) is 24.4 Å². The van der Waals surface area contributed by atoms with Crippen LogP contribution in [0.15, 0.2) is 4.42 Å². The number of carbonyl (C=O) groups is 1. The minimum Gasteiger partial charge on any atom is -0.406 e. The van der Waals surface area contributed by atoms with Crippen LogP contribution < -0.4 is 16.8 Å². The third kappa shape index (κ3) is 3.02. The monoisotopic (exact) mass is 199 g/mol. The van der Waals surface area contributed by atoms with Crippen molar-refractivity contribution in [3.8, 4) is 0 Å². The molecule has 1 unspecified atom stereocenters. The number of hydrogen-bond acceptors (Lipinski definition) is 6. The zero-order valence-corrected chi connectivity index (χ0v) is 7.86. The molecule has 5 N–H and O–H groups in total. The van der Waals surface area contributed by atoms with Crippen LogP contribution in [0.1, 0.15) is 25.3 Å². The van der Waals surface area contributed by atoms with E-state index >= 15 is 0 Å². The summed E-state index contributed by atoms with van der Waals surface area (Å²) < 4.78 is 5.12. The maximum absolute atomic E-state index is 10.4. The number of primary amides is 1. The molecular weight excluding hydrogens is 186 g/mol. The first-order valence-corrected chi connectivity index (χ1v) is 4.20. The smallest absolute Gasteiger partial charge is 0.315 e. The lowest BCUT2D eigenvalue weighted by Gasteiger charge is -1.98. The lowest BCUT2D eigenvalue weighted by molar-refractivity contribution is -0.117. The van der Waals surface area contributed by atoms with Crippen LogP contribution in [0.5, 0.6) is 0 Å². The molecule has 0 saturated heterocycles. The zero-order chi connectivity index (χ0) is 10.6. The standard InChI is InChI=1S/C7H13N5O2/c1-4(8)6-11-12-7(14-6)10-3-2-5(9)13/h4H,2-3,8H2,1H3,(H2,9,13)(H,10,12). The Bertz CT molecular complexity index is 309. The molecule has 0 radical (unpaired) electrons. The molecule has 1 atom stereocenters. The molecule has 14 heavy (non-hydrogen) atoms. The molecule has 1 amide bonds. The molecule has 1 heterocycles. The lowest BCUT2D eigenvalue weighted by atomic mass is 10.4. The van der Waals surface area contributed by atoms with Gasteiger partial charge in [0.2, 0.25) is 11.8 Å². The van der Waals surface area contributed by atoms with Crippen molar-refractivity contribution < 1.29 is 9.21 Å². The Morgan fingerprint density at radius 1 is 1.64 bits per heavy atom.